The van der Waals surface area contributed by atoms with E-state index in [9.17, 15) is 13.6 Å². The summed E-state index contributed by atoms with van der Waals surface area (Å²) < 4.78 is 32.8. The molecule has 0 aliphatic carbocycles. The van der Waals surface area contributed by atoms with Crippen molar-refractivity contribution in [1.29, 1.82) is 0 Å². The Bertz CT molecular complexity index is 689. The lowest BCUT2D eigenvalue weighted by atomic mass is 10.0. The Balaban J connectivity index is 2.57. The molecule has 0 fully saturated rings. The van der Waals surface area contributed by atoms with Crippen molar-refractivity contribution in [3.8, 4) is 5.75 Å². The number of rotatable bonds is 3. The highest BCUT2D eigenvalue weighted by Gasteiger charge is 2.20. The van der Waals surface area contributed by atoms with Crippen LogP contribution in [0.5, 0.6) is 5.75 Å². The minimum absolute atomic E-state index is 0.198. The number of ether oxygens (including phenoxy) is 1. The van der Waals surface area contributed by atoms with Crippen LogP contribution in [0.1, 0.15) is 15.9 Å². The van der Waals surface area contributed by atoms with Gasteiger partial charge in [-0.3, -0.25) is 4.79 Å². The molecule has 0 bridgehead atoms. The van der Waals surface area contributed by atoms with Gasteiger partial charge in [0.15, 0.2) is 5.78 Å². The smallest absolute Gasteiger partial charge is 0.199 e. The quantitative estimate of drug-likeness (QED) is 0.498. The molecule has 2 aromatic rings. The highest BCUT2D eigenvalue weighted by atomic mass is 127. The van der Waals surface area contributed by atoms with Gasteiger partial charge in [0.1, 0.15) is 17.4 Å². The van der Waals surface area contributed by atoms with Crippen molar-refractivity contribution in [2.45, 2.75) is 0 Å². The highest BCUT2D eigenvalue weighted by Crippen LogP contribution is 2.26. The molecule has 0 saturated heterocycles. The Morgan fingerprint density at radius 1 is 1.15 bits per heavy atom. The lowest BCUT2D eigenvalue weighted by Gasteiger charge is -2.09. The first-order chi connectivity index (χ1) is 9.43. The molecule has 0 atom stereocenters. The van der Waals surface area contributed by atoms with Crippen LogP contribution in [-0.2, 0) is 0 Å². The van der Waals surface area contributed by atoms with Gasteiger partial charge in [0.05, 0.1) is 23.9 Å². The summed E-state index contributed by atoms with van der Waals surface area (Å²) in [5.41, 5.74) is 5.01. The van der Waals surface area contributed by atoms with E-state index in [1.807, 2.05) is 22.6 Å². The molecule has 0 aromatic heterocycles. The van der Waals surface area contributed by atoms with E-state index in [4.69, 9.17) is 10.5 Å². The normalized spacial score (nSPS) is 10.4. The SMILES string of the molecule is COc1ccc(I)cc1C(=O)c1cc(N)c(F)cc1F. The highest BCUT2D eigenvalue weighted by molar-refractivity contribution is 14.1. The summed E-state index contributed by atoms with van der Waals surface area (Å²) in [4.78, 5) is 12.4. The van der Waals surface area contributed by atoms with Crippen LogP contribution < -0.4 is 10.5 Å². The molecule has 2 rings (SSSR count). The van der Waals surface area contributed by atoms with Gasteiger partial charge in [-0.25, -0.2) is 8.78 Å². The van der Waals surface area contributed by atoms with Crippen LogP contribution in [0.3, 0.4) is 0 Å². The number of methoxy groups -OCH3 is 1. The van der Waals surface area contributed by atoms with Gasteiger partial charge in [-0.05, 0) is 46.9 Å². The number of nitrogen functional groups attached to an aromatic ring is 1. The molecule has 0 amide bonds. The predicted octanol–water partition coefficient (Wildman–Crippen LogP) is 3.39. The number of hydrogen-bond acceptors (Lipinski definition) is 3. The molecule has 2 N–H and O–H groups in total. The van der Waals surface area contributed by atoms with Crippen molar-refractivity contribution in [2.75, 3.05) is 12.8 Å². The van der Waals surface area contributed by atoms with E-state index >= 15 is 0 Å². The van der Waals surface area contributed by atoms with Crippen LogP contribution in [0.2, 0.25) is 0 Å². The van der Waals surface area contributed by atoms with Crippen LogP contribution in [0.15, 0.2) is 30.3 Å². The fourth-order valence-electron chi connectivity index (χ4n) is 1.74. The van der Waals surface area contributed by atoms with Crippen molar-refractivity contribution < 1.29 is 18.3 Å². The number of hydrogen-bond donors (Lipinski definition) is 1. The monoisotopic (exact) mass is 389 g/mol. The molecule has 0 radical (unpaired) electrons. The minimum atomic E-state index is -0.956. The lowest BCUT2D eigenvalue weighted by Crippen LogP contribution is -2.08. The van der Waals surface area contributed by atoms with Crippen molar-refractivity contribution in [3.63, 3.8) is 0 Å². The molecule has 0 saturated carbocycles. The number of anilines is 1. The number of carbonyl (C=O) groups is 1. The second-order valence-electron chi connectivity index (χ2n) is 4.03. The molecule has 3 nitrogen and oxygen atoms in total. The first kappa shape index (κ1) is 14.7. The first-order valence-corrected chi connectivity index (χ1v) is 6.64. The largest absolute Gasteiger partial charge is 0.496 e. The van der Waals surface area contributed by atoms with E-state index in [2.05, 4.69) is 0 Å². The van der Waals surface area contributed by atoms with Crippen molar-refractivity contribution in [2.24, 2.45) is 0 Å². The lowest BCUT2D eigenvalue weighted by molar-refractivity contribution is 0.103. The zero-order valence-corrected chi connectivity index (χ0v) is 12.6. The van der Waals surface area contributed by atoms with Crippen LogP contribution in [0, 0.1) is 15.2 Å². The van der Waals surface area contributed by atoms with Gasteiger partial charge in [0.2, 0.25) is 0 Å². The summed E-state index contributed by atoms with van der Waals surface area (Å²) in [5.74, 6) is -2.14. The Kier molecular flexibility index (Phi) is 4.22. The molecule has 20 heavy (non-hydrogen) atoms. The second kappa shape index (κ2) is 5.74. The van der Waals surface area contributed by atoms with E-state index in [1.54, 1.807) is 18.2 Å². The summed E-state index contributed by atoms with van der Waals surface area (Å²) in [5, 5.41) is 0. The summed E-state index contributed by atoms with van der Waals surface area (Å²) in [6.45, 7) is 0. The van der Waals surface area contributed by atoms with Crippen LogP contribution >= 0.6 is 22.6 Å². The third-order valence-electron chi connectivity index (χ3n) is 2.74. The van der Waals surface area contributed by atoms with Gasteiger partial charge in [0, 0.05) is 9.64 Å². The van der Waals surface area contributed by atoms with E-state index in [1.165, 1.54) is 7.11 Å². The molecule has 6 heteroatoms. The van der Waals surface area contributed by atoms with E-state index in [-0.39, 0.29) is 16.8 Å². The predicted molar refractivity (Wildman–Crippen MR) is 79.9 cm³/mol. The molecule has 104 valence electrons. The Morgan fingerprint density at radius 3 is 2.50 bits per heavy atom. The van der Waals surface area contributed by atoms with Gasteiger partial charge >= 0.3 is 0 Å². The molecule has 0 unspecified atom stereocenters. The summed E-state index contributed by atoms with van der Waals surface area (Å²) in [7, 11) is 1.41. The van der Waals surface area contributed by atoms with E-state index < -0.39 is 17.4 Å². The average molecular weight is 389 g/mol. The fraction of sp³-hybridized carbons (Fsp3) is 0.0714. The maximum absolute atomic E-state index is 13.7. The van der Waals surface area contributed by atoms with Gasteiger partial charge in [-0.15, -0.1) is 0 Å². The summed E-state index contributed by atoms with van der Waals surface area (Å²) in [6.07, 6.45) is 0. The van der Waals surface area contributed by atoms with Gasteiger partial charge in [-0.1, -0.05) is 0 Å². The molecular formula is C14H10F2INO2. The topological polar surface area (TPSA) is 52.3 Å². The van der Waals surface area contributed by atoms with Crippen LogP contribution in [-0.4, -0.2) is 12.9 Å². The molecule has 0 aliphatic heterocycles. The third kappa shape index (κ3) is 2.74. The zero-order chi connectivity index (χ0) is 14.9. The van der Waals surface area contributed by atoms with Crippen molar-refractivity contribution >= 4 is 34.1 Å². The maximum Gasteiger partial charge on any atom is 0.199 e. The summed E-state index contributed by atoms with van der Waals surface area (Å²) >= 11 is 2.03. The average Bonchev–Trinajstić information content (AvgIpc) is 2.42. The standard InChI is InChI=1S/C14H10F2INO2/c1-20-13-3-2-7(17)4-9(13)14(19)8-5-12(18)11(16)6-10(8)15/h2-6H,18H2,1H3. The number of halogens is 3. The number of carbonyl (C=O) groups excluding carboxylic acids is 1. The van der Waals surface area contributed by atoms with Crippen LogP contribution in [0.25, 0.3) is 0 Å². The van der Waals surface area contributed by atoms with Crippen molar-refractivity contribution in [1.82, 2.24) is 0 Å². The number of benzene rings is 2. The fourth-order valence-corrected chi connectivity index (χ4v) is 2.23. The minimum Gasteiger partial charge on any atom is -0.496 e. The maximum atomic E-state index is 13.7. The van der Waals surface area contributed by atoms with Crippen molar-refractivity contribution in [3.05, 3.63) is 56.7 Å². The number of ketones is 1. The van der Waals surface area contributed by atoms with E-state index in [0.717, 1.165) is 9.64 Å². The Labute approximate surface area is 127 Å². The second-order valence-corrected chi connectivity index (χ2v) is 5.27. The van der Waals surface area contributed by atoms with Gasteiger partial charge < -0.3 is 10.5 Å². The third-order valence-corrected chi connectivity index (χ3v) is 3.41. The molecular weight excluding hydrogens is 379 g/mol. The molecule has 2 aromatic carbocycles. The first-order valence-electron chi connectivity index (χ1n) is 5.56. The Morgan fingerprint density at radius 2 is 1.85 bits per heavy atom. The Hall–Kier alpha value is -1.70. The molecule has 0 aliphatic rings. The van der Waals surface area contributed by atoms with Gasteiger partial charge in [-0.2, -0.15) is 0 Å². The van der Waals surface area contributed by atoms with Crippen LogP contribution in [0.4, 0.5) is 14.5 Å². The zero-order valence-electron chi connectivity index (χ0n) is 10.4. The van der Waals surface area contributed by atoms with E-state index in [0.29, 0.717) is 11.8 Å². The van der Waals surface area contributed by atoms with Gasteiger partial charge in [0.25, 0.3) is 0 Å². The molecule has 0 spiro atoms. The summed E-state index contributed by atoms with van der Waals surface area (Å²) in [6, 6.07) is 6.53. The number of nitrogens with two attached hydrogens (primary N) is 1. The molecule has 0 heterocycles.